The van der Waals surface area contributed by atoms with Gasteiger partial charge >= 0.3 is 0 Å². The summed E-state index contributed by atoms with van der Waals surface area (Å²) in [4.78, 5) is 15.4. The predicted octanol–water partition coefficient (Wildman–Crippen LogP) is 2.70. The molecule has 0 unspecified atom stereocenters. The van der Waals surface area contributed by atoms with Gasteiger partial charge in [0.1, 0.15) is 11.6 Å². The highest BCUT2D eigenvalue weighted by atomic mass is 16.5. The van der Waals surface area contributed by atoms with E-state index < -0.39 is 0 Å². The molecule has 4 rings (SSSR count). The largest absolute Gasteiger partial charge is 0.378 e. The number of nitrogens with zero attached hydrogens (tertiary/aromatic N) is 4. The van der Waals surface area contributed by atoms with E-state index in [1.807, 2.05) is 54.7 Å². The maximum atomic E-state index is 5.89. The first kappa shape index (κ1) is 16.3. The highest BCUT2D eigenvalue weighted by Gasteiger charge is 2.13. The number of pyridine rings is 1. The van der Waals surface area contributed by atoms with Gasteiger partial charge in [0.05, 0.1) is 18.9 Å². The van der Waals surface area contributed by atoms with Crippen LogP contribution in [-0.4, -0.2) is 41.3 Å². The van der Waals surface area contributed by atoms with Gasteiger partial charge in [-0.15, -0.1) is 0 Å². The second-order valence-corrected chi connectivity index (χ2v) is 5.99. The van der Waals surface area contributed by atoms with Crippen LogP contribution in [0.25, 0.3) is 11.3 Å². The zero-order valence-corrected chi connectivity index (χ0v) is 14.3. The van der Waals surface area contributed by atoms with Gasteiger partial charge in [0, 0.05) is 36.6 Å². The van der Waals surface area contributed by atoms with Crippen LogP contribution in [0.2, 0.25) is 0 Å². The molecular weight excluding hydrogens is 328 g/mol. The highest BCUT2D eigenvalue weighted by molar-refractivity contribution is 5.67. The number of anilines is 4. The first-order valence-electron chi connectivity index (χ1n) is 8.54. The fourth-order valence-corrected chi connectivity index (χ4v) is 2.86. The molecule has 0 spiro atoms. The maximum Gasteiger partial charge on any atom is 0.222 e. The van der Waals surface area contributed by atoms with Gasteiger partial charge in [-0.1, -0.05) is 18.2 Å². The van der Waals surface area contributed by atoms with E-state index in [0.29, 0.717) is 5.82 Å². The van der Waals surface area contributed by atoms with Gasteiger partial charge in [0.25, 0.3) is 0 Å². The molecule has 26 heavy (non-hydrogen) atoms. The molecule has 0 amide bonds. The quantitative estimate of drug-likeness (QED) is 0.749. The van der Waals surface area contributed by atoms with Crippen LogP contribution < -0.4 is 16.0 Å². The van der Waals surface area contributed by atoms with E-state index in [4.69, 9.17) is 10.5 Å². The summed E-state index contributed by atoms with van der Waals surface area (Å²) in [6, 6.07) is 15.7. The van der Waals surface area contributed by atoms with Crippen molar-refractivity contribution in [3.05, 3.63) is 54.7 Å². The fraction of sp³-hybridized carbons (Fsp3) is 0.211. The molecule has 0 bridgehead atoms. The van der Waals surface area contributed by atoms with Crippen LogP contribution in [0.1, 0.15) is 0 Å². The molecule has 3 heterocycles. The van der Waals surface area contributed by atoms with Crippen LogP contribution >= 0.6 is 0 Å². The van der Waals surface area contributed by atoms with E-state index in [-0.39, 0.29) is 5.95 Å². The minimum Gasteiger partial charge on any atom is -0.378 e. The Morgan fingerprint density at radius 2 is 1.81 bits per heavy atom. The van der Waals surface area contributed by atoms with Crippen molar-refractivity contribution in [1.29, 1.82) is 0 Å². The maximum absolute atomic E-state index is 5.89. The number of benzene rings is 1. The van der Waals surface area contributed by atoms with E-state index in [1.165, 1.54) is 0 Å². The zero-order valence-electron chi connectivity index (χ0n) is 14.3. The number of ether oxygens (including phenoxy) is 1. The summed E-state index contributed by atoms with van der Waals surface area (Å²) in [6.45, 7) is 3.19. The summed E-state index contributed by atoms with van der Waals surface area (Å²) in [6.07, 6.45) is 1.82. The van der Waals surface area contributed by atoms with Crippen LogP contribution in [0.3, 0.4) is 0 Å². The minimum atomic E-state index is 0.221. The molecule has 1 aromatic carbocycles. The van der Waals surface area contributed by atoms with Crippen molar-refractivity contribution < 1.29 is 4.74 Å². The zero-order chi connectivity index (χ0) is 17.8. The second kappa shape index (κ2) is 7.37. The summed E-state index contributed by atoms with van der Waals surface area (Å²) in [7, 11) is 0. The molecule has 1 aliphatic rings. The van der Waals surface area contributed by atoms with Crippen molar-refractivity contribution in [2.24, 2.45) is 0 Å². The lowest BCUT2D eigenvalue weighted by atomic mass is 10.2. The summed E-state index contributed by atoms with van der Waals surface area (Å²) in [5.74, 6) is 1.82. The second-order valence-electron chi connectivity index (χ2n) is 5.99. The van der Waals surface area contributed by atoms with Gasteiger partial charge < -0.3 is 20.7 Å². The van der Waals surface area contributed by atoms with Crippen LogP contribution in [0.5, 0.6) is 0 Å². The van der Waals surface area contributed by atoms with Crippen molar-refractivity contribution in [2.45, 2.75) is 0 Å². The highest BCUT2D eigenvalue weighted by Crippen LogP contribution is 2.24. The number of hydrogen-bond acceptors (Lipinski definition) is 7. The SMILES string of the molecule is Nc1nc(Nc2ccccc2)cc(-c2ccc(N3CCOCC3)nc2)n1. The molecule has 0 aliphatic carbocycles. The van der Waals surface area contributed by atoms with Crippen molar-refractivity contribution >= 4 is 23.3 Å². The number of hydrogen-bond donors (Lipinski definition) is 2. The smallest absolute Gasteiger partial charge is 0.222 e. The number of para-hydroxylation sites is 1. The minimum absolute atomic E-state index is 0.221. The third kappa shape index (κ3) is 3.73. The third-order valence-electron chi connectivity index (χ3n) is 4.17. The summed E-state index contributed by atoms with van der Waals surface area (Å²) in [5.41, 5.74) is 8.46. The van der Waals surface area contributed by atoms with Gasteiger partial charge in [-0.25, -0.2) is 9.97 Å². The number of nitrogens with one attached hydrogen (secondary N) is 1. The molecule has 0 saturated carbocycles. The molecule has 2 aromatic heterocycles. The lowest BCUT2D eigenvalue weighted by Gasteiger charge is -2.27. The number of morpholine rings is 1. The van der Waals surface area contributed by atoms with Crippen LogP contribution in [0.15, 0.2) is 54.7 Å². The monoisotopic (exact) mass is 348 g/mol. The van der Waals surface area contributed by atoms with Gasteiger partial charge in [-0.3, -0.25) is 0 Å². The summed E-state index contributed by atoms with van der Waals surface area (Å²) < 4.78 is 5.38. The number of aromatic nitrogens is 3. The first-order chi connectivity index (χ1) is 12.8. The van der Waals surface area contributed by atoms with Crippen molar-refractivity contribution in [3.63, 3.8) is 0 Å². The van der Waals surface area contributed by atoms with E-state index in [9.17, 15) is 0 Å². The predicted molar refractivity (Wildman–Crippen MR) is 102 cm³/mol. The molecule has 1 saturated heterocycles. The molecule has 7 nitrogen and oxygen atoms in total. The summed E-state index contributed by atoms with van der Waals surface area (Å²) >= 11 is 0. The average molecular weight is 348 g/mol. The molecular formula is C19H20N6O. The molecule has 1 fully saturated rings. The Bertz CT molecular complexity index is 863. The Morgan fingerprint density at radius 3 is 2.54 bits per heavy atom. The summed E-state index contributed by atoms with van der Waals surface area (Å²) in [5, 5.41) is 3.24. The third-order valence-corrected chi connectivity index (χ3v) is 4.17. The first-order valence-corrected chi connectivity index (χ1v) is 8.54. The average Bonchev–Trinajstić information content (AvgIpc) is 2.69. The molecule has 3 aromatic rings. The Hall–Kier alpha value is -3.19. The van der Waals surface area contributed by atoms with E-state index in [2.05, 4.69) is 25.2 Å². The normalized spacial score (nSPS) is 14.2. The number of nitrogen functional groups attached to an aromatic ring is 1. The van der Waals surface area contributed by atoms with E-state index in [1.54, 1.807) is 0 Å². The molecule has 1 aliphatic heterocycles. The number of rotatable bonds is 4. The standard InChI is InChI=1S/C19H20N6O/c20-19-23-16(12-17(24-19)22-15-4-2-1-3-5-15)14-6-7-18(21-13-14)25-8-10-26-11-9-25/h1-7,12-13H,8-11H2,(H3,20,22,23,24). The molecule has 0 radical (unpaired) electrons. The van der Waals surface area contributed by atoms with Crippen molar-refractivity contribution in [1.82, 2.24) is 15.0 Å². The van der Waals surface area contributed by atoms with Crippen molar-refractivity contribution in [3.8, 4) is 11.3 Å². The molecule has 7 heteroatoms. The van der Waals surface area contributed by atoms with Gasteiger partial charge in [0.15, 0.2) is 0 Å². The topological polar surface area (TPSA) is 89.2 Å². The van der Waals surface area contributed by atoms with E-state index in [0.717, 1.165) is 49.1 Å². The molecule has 132 valence electrons. The lowest BCUT2D eigenvalue weighted by molar-refractivity contribution is 0.122. The Balaban J connectivity index is 1.57. The molecule has 0 atom stereocenters. The van der Waals surface area contributed by atoms with E-state index >= 15 is 0 Å². The van der Waals surface area contributed by atoms with Crippen LogP contribution in [0.4, 0.5) is 23.3 Å². The van der Waals surface area contributed by atoms with Gasteiger partial charge in [-0.05, 0) is 24.3 Å². The van der Waals surface area contributed by atoms with Crippen molar-refractivity contribution in [2.75, 3.05) is 42.3 Å². The Labute approximate surface area is 151 Å². The van der Waals surface area contributed by atoms with Crippen LogP contribution in [0, 0.1) is 0 Å². The van der Waals surface area contributed by atoms with Gasteiger partial charge in [0.2, 0.25) is 5.95 Å². The lowest BCUT2D eigenvalue weighted by Crippen LogP contribution is -2.36. The number of nitrogens with two attached hydrogens (primary N) is 1. The Morgan fingerprint density at radius 1 is 1.00 bits per heavy atom. The van der Waals surface area contributed by atoms with Gasteiger partial charge in [-0.2, -0.15) is 4.98 Å². The fourth-order valence-electron chi connectivity index (χ4n) is 2.86. The molecule has 3 N–H and O–H groups in total. The Kier molecular flexibility index (Phi) is 4.61. The van der Waals surface area contributed by atoms with Crippen LogP contribution in [-0.2, 0) is 4.74 Å².